The molecule has 0 spiro atoms. The predicted molar refractivity (Wildman–Crippen MR) is 84.3 cm³/mol. The average Bonchev–Trinajstić information content (AvgIpc) is 2.42. The molecule has 0 radical (unpaired) electrons. The van der Waals surface area contributed by atoms with E-state index in [1.54, 1.807) is 0 Å². The molecule has 2 rings (SSSR count). The van der Waals surface area contributed by atoms with Gasteiger partial charge < -0.3 is 10.2 Å². The zero-order valence-corrected chi connectivity index (χ0v) is 13.1. The molecule has 1 heterocycles. The fraction of sp³-hybridized carbons (Fsp3) is 0.529. The summed E-state index contributed by atoms with van der Waals surface area (Å²) in [6, 6.07) is 6.11. The molecule has 2 amide bonds. The van der Waals surface area contributed by atoms with Gasteiger partial charge in [0.2, 0.25) is 11.8 Å². The van der Waals surface area contributed by atoms with E-state index in [1.165, 1.54) is 5.56 Å². The number of hydrogen-bond donors (Lipinski definition) is 1. The lowest BCUT2D eigenvalue weighted by Crippen LogP contribution is -2.43. The number of nitrogens with one attached hydrogen (secondary N) is 1. The van der Waals surface area contributed by atoms with E-state index < -0.39 is 0 Å². The molecule has 0 saturated carbocycles. The van der Waals surface area contributed by atoms with Crippen LogP contribution in [0, 0.1) is 13.8 Å². The molecule has 1 aliphatic rings. The lowest BCUT2D eigenvalue weighted by molar-refractivity contribution is -0.124. The molecule has 1 atom stereocenters. The molecule has 1 N–H and O–H groups in total. The molecule has 0 bridgehead atoms. The van der Waals surface area contributed by atoms with Crippen LogP contribution in [0.5, 0.6) is 0 Å². The van der Waals surface area contributed by atoms with Crippen LogP contribution in [0.15, 0.2) is 18.2 Å². The maximum atomic E-state index is 12.6. The molecule has 1 fully saturated rings. The topological polar surface area (TPSA) is 49.4 Å². The Kier molecular flexibility index (Phi) is 4.99. The Balaban J connectivity index is 2.09. The largest absolute Gasteiger partial charge is 0.353 e. The third kappa shape index (κ3) is 3.84. The summed E-state index contributed by atoms with van der Waals surface area (Å²) in [6.07, 6.45) is 2.73. The van der Waals surface area contributed by atoms with Gasteiger partial charge in [-0.25, -0.2) is 0 Å². The summed E-state index contributed by atoms with van der Waals surface area (Å²) >= 11 is 0. The van der Waals surface area contributed by atoms with Gasteiger partial charge in [0.25, 0.3) is 0 Å². The fourth-order valence-corrected chi connectivity index (χ4v) is 2.94. The Hall–Kier alpha value is -1.84. The number of piperidine rings is 1. The molecular formula is C17H24N2O2. The Bertz CT molecular complexity index is 540. The molecule has 0 aliphatic carbocycles. The maximum Gasteiger partial charge on any atom is 0.229 e. The highest BCUT2D eigenvalue weighted by molar-refractivity contribution is 5.94. The van der Waals surface area contributed by atoms with E-state index in [-0.39, 0.29) is 17.9 Å². The van der Waals surface area contributed by atoms with E-state index in [9.17, 15) is 9.59 Å². The minimum atomic E-state index is -0.0152. The SMILES string of the molecule is CCN(C(=O)CC1CCCC(=O)N1)c1ccc(C)cc1C. The first-order chi connectivity index (χ1) is 10.0. The molecule has 0 aromatic heterocycles. The van der Waals surface area contributed by atoms with Crippen molar-refractivity contribution in [2.24, 2.45) is 0 Å². The number of carbonyl (C=O) groups excluding carboxylic acids is 2. The minimum Gasteiger partial charge on any atom is -0.353 e. The summed E-state index contributed by atoms with van der Waals surface area (Å²) in [5, 5.41) is 2.91. The molecule has 1 aromatic carbocycles. The molecule has 1 aromatic rings. The second-order valence-electron chi connectivity index (χ2n) is 5.79. The standard InChI is InChI=1S/C17H24N2O2/c1-4-19(15-9-8-12(2)10-13(15)3)17(21)11-14-6-5-7-16(20)18-14/h8-10,14H,4-7,11H2,1-3H3,(H,18,20). The van der Waals surface area contributed by atoms with Crippen LogP contribution in [-0.2, 0) is 9.59 Å². The van der Waals surface area contributed by atoms with Crippen LogP contribution in [0.1, 0.15) is 43.7 Å². The van der Waals surface area contributed by atoms with Crippen molar-refractivity contribution < 1.29 is 9.59 Å². The predicted octanol–water partition coefficient (Wildman–Crippen LogP) is 2.72. The summed E-state index contributed by atoms with van der Waals surface area (Å²) in [4.78, 5) is 25.8. The minimum absolute atomic E-state index is 0.0152. The summed E-state index contributed by atoms with van der Waals surface area (Å²) in [5.74, 6) is 0.144. The molecular weight excluding hydrogens is 264 g/mol. The Morgan fingerprint density at radius 3 is 2.76 bits per heavy atom. The molecule has 4 heteroatoms. The quantitative estimate of drug-likeness (QED) is 0.926. The average molecular weight is 288 g/mol. The van der Waals surface area contributed by atoms with Crippen molar-refractivity contribution in [3.8, 4) is 0 Å². The van der Waals surface area contributed by atoms with E-state index >= 15 is 0 Å². The molecule has 114 valence electrons. The first-order valence-corrected chi connectivity index (χ1v) is 7.68. The van der Waals surface area contributed by atoms with Gasteiger partial charge in [-0.05, 0) is 45.2 Å². The highest BCUT2D eigenvalue weighted by atomic mass is 16.2. The van der Waals surface area contributed by atoms with E-state index in [0.717, 1.165) is 24.1 Å². The number of nitrogens with zero attached hydrogens (tertiary/aromatic N) is 1. The highest BCUT2D eigenvalue weighted by Gasteiger charge is 2.24. The third-order valence-electron chi connectivity index (χ3n) is 4.00. The lowest BCUT2D eigenvalue weighted by atomic mass is 10.0. The molecule has 1 saturated heterocycles. The first kappa shape index (κ1) is 15.5. The maximum absolute atomic E-state index is 12.6. The van der Waals surface area contributed by atoms with E-state index in [4.69, 9.17) is 0 Å². The Morgan fingerprint density at radius 1 is 1.38 bits per heavy atom. The van der Waals surface area contributed by atoms with Crippen LogP contribution in [0.25, 0.3) is 0 Å². The molecule has 21 heavy (non-hydrogen) atoms. The van der Waals surface area contributed by atoms with E-state index in [2.05, 4.69) is 11.4 Å². The highest BCUT2D eigenvalue weighted by Crippen LogP contribution is 2.23. The number of anilines is 1. The van der Waals surface area contributed by atoms with Gasteiger partial charge in [0.15, 0.2) is 0 Å². The lowest BCUT2D eigenvalue weighted by Gasteiger charge is -2.28. The van der Waals surface area contributed by atoms with Crippen molar-refractivity contribution in [2.75, 3.05) is 11.4 Å². The van der Waals surface area contributed by atoms with Gasteiger partial charge >= 0.3 is 0 Å². The van der Waals surface area contributed by atoms with Crippen molar-refractivity contribution in [3.63, 3.8) is 0 Å². The number of amides is 2. The molecule has 4 nitrogen and oxygen atoms in total. The monoisotopic (exact) mass is 288 g/mol. The number of hydrogen-bond acceptors (Lipinski definition) is 2. The van der Waals surface area contributed by atoms with Gasteiger partial charge in [-0.1, -0.05) is 17.7 Å². The van der Waals surface area contributed by atoms with Crippen LogP contribution < -0.4 is 10.2 Å². The zero-order chi connectivity index (χ0) is 15.4. The second kappa shape index (κ2) is 6.74. The van der Waals surface area contributed by atoms with Crippen molar-refractivity contribution in [1.29, 1.82) is 0 Å². The van der Waals surface area contributed by atoms with Crippen molar-refractivity contribution in [3.05, 3.63) is 29.3 Å². The number of carbonyl (C=O) groups is 2. The van der Waals surface area contributed by atoms with Gasteiger partial charge in [-0.15, -0.1) is 0 Å². The fourth-order valence-electron chi connectivity index (χ4n) is 2.94. The zero-order valence-electron chi connectivity index (χ0n) is 13.1. The van der Waals surface area contributed by atoms with Gasteiger partial charge in [0, 0.05) is 31.1 Å². The smallest absolute Gasteiger partial charge is 0.229 e. The molecule has 1 unspecified atom stereocenters. The van der Waals surface area contributed by atoms with Crippen LogP contribution >= 0.6 is 0 Å². The van der Waals surface area contributed by atoms with Crippen LogP contribution in [0.4, 0.5) is 5.69 Å². The molecule has 1 aliphatic heterocycles. The van der Waals surface area contributed by atoms with Gasteiger partial charge in [0.05, 0.1) is 0 Å². The summed E-state index contributed by atoms with van der Waals surface area (Å²) < 4.78 is 0. The summed E-state index contributed by atoms with van der Waals surface area (Å²) in [7, 11) is 0. The number of aryl methyl sites for hydroxylation is 2. The van der Waals surface area contributed by atoms with Gasteiger partial charge in [-0.3, -0.25) is 9.59 Å². The van der Waals surface area contributed by atoms with Crippen LogP contribution in [-0.4, -0.2) is 24.4 Å². The third-order valence-corrected chi connectivity index (χ3v) is 4.00. The second-order valence-corrected chi connectivity index (χ2v) is 5.79. The normalized spacial score (nSPS) is 18.2. The number of rotatable bonds is 4. The summed E-state index contributed by atoms with van der Waals surface area (Å²) in [5.41, 5.74) is 3.27. The van der Waals surface area contributed by atoms with Gasteiger partial charge in [0.1, 0.15) is 0 Å². The summed E-state index contributed by atoms with van der Waals surface area (Å²) in [6.45, 7) is 6.70. The first-order valence-electron chi connectivity index (χ1n) is 7.68. The van der Waals surface area contributed by atoms with Crippen molar-refractivity contribution >= 4 is 17.5 Å². The Morgan fingerprint density at radius 2 is 2.14 bits per heavy atom. The Labute approximate surface area is 126 Å². The number of benzene rings is 1. The van der Waals surface area contributed by atoms with Gasteiger partial charge in [-0.2, -0.15) is 0 Å². The van der Waals surface area contributed by atoms with Crippen molar-refractivity contribution in [1.82, 2.24) is 5.32 Å². The van der Waals surface area contributed by atoms with E-state index in [1.807, 2.05) is 37.8 Å². The van der Waals surface area contributed by atoms with Crippen LogP contribution in [0.2, 0.25) is 0 Å². The van der Waals surface area contributed by atoms with Crippen molar-refractivity contribution in [2.45, 2.75) is 52.5 Å². The van der Waals surface area contributed by atoms with Crippen LogP contribution in [0.3, 0.4) is 0 Å². The van der Waals surface area contributed by atoms with E-state index in [0.29, 0.717) is 19.4 Å².